The van der Waals surface area contributed by atoms with E-state index in [1.165, 1.54) is 20.8 Å². The molecule has 0 amide bonds. The number of ether oxygens (including phenoxy) is 3. The van der Waals surface area contributed by atoms with E-state index >= 15 is 0 Å². The molecule has 0 radical (unpaired) electrons. The average molecular weight is 452 g/mol. The molecule has 0 unspecified atom stereocenters. The fourth-order valence-corrected chi connectivity index (χ4v) is 0.826. The monoisotopic (exact) mass is 452 g/mol. The molecule has 0 bridgehead atoms. The molecule has 0 saturated heterocycles. The summed E-state index contributed by atoms with van der Waals surface area (Å²) in [4.78, 5) is 51.1. The van der Waals surface area contributed by atoms with Gasteiger partial charge in [-0.1, -0.05) is 6.92 Å². The summed E-state index contributed by atoms with van der Waals surface area (Å²) < 4.78 is 13.0. The van der Waals surface area contributed by atoms with Crippen molar-refractivity contribution in [2.75, 3.05) is 26.4 Å². The Hall–Kier alpha value is -0.750. The number of rotatable bonds is 5. The Kier molecular flexibility index (Phi) is 47.4. The third-order valence-corrected chi connectivity index (χ3v) is 1.53. The van der Waals surface area contributed by atoms with Crippen LogP contribution in [0, 0.1) is 0 Å². The predicted octanol–water partition coefficient (Wildman–Crippen LogP) is -6.53. The van der Waals surface area contributed by atoms with Crippen molar-refractivity contribution in [2.24, 2.45) is 0 Å². The third kappa shape index (κ3) is 45.8. The molecular weight excluding hydrogens is 422 g/mol. The van der Waals surface area contributed by atoms with E-state index in [4.69, 9.17) is 5.11 Å². The molecule has 0 heterocycles. The van der Waals surface area contributed by atoms with Crippen molar-refractivity contribution in [3.8, 4) is 0 Å². The van der Waals surface area contributed by atoms with Gasteiger partial charge in [-0.3, -0.25) is 4.79 Å². The molecule has 164 valence electrons. The van der Waals surface area contributed by atoms with Crippen molar-refractivity contribution < 1.29 is 108 Å². The van der Waals surface area contributed by atoms with Gasteiger partial charge in [0, 0.05) is 0 Å². The topological polar surface area (TPSA) is 159 Å². The largest absolute Gasteiger partial charge is 1.00 e. The number of allylic oxidation sites excluding steroid dienone is 1. The minimum atomic E-state index is -0.984. The summed E-state index contributed by atoms with van der Waals surface area (Å²) in [6.45, 7) is 11.2. The Morgan fingerprint density at radius 3 is 1.13 bits per heavy atom. The molecule has 0 saturated carbocycles. The van der Waals surface area contributed by atoms with Gasteiger partial charge < -0.3 is 29.2 Å². The van der Waals surface area contributed by atoms with Crippen molar-refractivity contribution >= 4 is 29.5 Å². The molecule has 0 aliphatic carbocycles. The maximum absolute atomic E-state index is 10.6. The Balaban J connectivity index is -0.0000000699. The van der Waals surface area contributed by atoms with Crippen LogP contribution in [0.2, 0.25) is 0 Å². The smallest absolute Gasteiger partial charge is 0.868 e. The summed E-state index contributed by atoms with van der Waals surface area (Å²) in [7, 11) is 0. The minimum Gasteiger partial charge on any atom is -0.868 e. The van der Waals surface area contributed by atoms with Crippen LogP contribution < -0.4 is 69.3 Å². The fourth-order valence-electron chi connectivity index (χ4n) is 0.826. The molecule has 0 aromatic rings. The number of carbonyl (C=O) groups is 5. The number of Topliss-reactive ketones (excluding diaryl/α,β-unsaturated/α-hetero) is 1. The molecule has 30 heavy (non-hydrogen) atoms. The first kappa shape index (κ1) is 43.2. The molecule has 0 aromatic carbocycles. The van der Waals surface area contributed by atoms with Gasteiger partial charge in [0.2, 0.25) is 0 Å². The standard InChI is InChI=1S/C7H10O4.C6H10O4.C3H6O.C2H5O.2Na/c1-3-11-7(10)6(9)4-5(2)8;1-3-9-5(7)6(8)10-4-2;1-3(2)4;1-2-3;;/h4,9H,3H2,1-2H3;3-4H2,1-2H3;1-2H3;2H2,1H3;;/q;;;-1;2*+1/p-1/b6-4-;;;;;. The van der Waals surface area contributed by atoms with Gasteiger partial charge in [-0.15, -0.1) is 6.61 Å². The zero-order chi connectivity index (χ0) is 23.1. The number of hydrogen-bond acceptors (Lipinski definition) is 10. The first-order chi connectivity index (χ1) is 12.9. The zero-order valence-electron chi connectivity index (χ0n) is 19.5. The summed E-state index contributed by atoms with van der Waals surface area (Å²) in [5, 5.41) is 19.5. The number of carbonyl (C=O) groups excluding carboxylic acids is 5. The Morgan fingerprint density at radius 1 is 0.700 bits per heavy atom. The molecule has 0 aliphatic rings. The van der Waals surface area contributed by atoms with E-state index in [2.05, 4.69) is 14.2 Å². The maximum atomic E-state index is 10.6. The van der Waals surface area contributed by atoms with Gasteiger partial charge in [0.15, 0.2) is 5.78 Å². The van der Waals surface area contributed by atoms with E-state index in [1.807, 2.05) is 0 Å². The van der Waals surface area contributed by atoms with Gasteiger partial charge in [-0.2, -0.15) is 0 Å². The quantitative estimate of drug-likeness (QED) is 0.0980. The van der Waals surface area contributed by atoms with Crippen LogP contribution in [0.3, 0.4) is 0 Å². The number of hydrogen-bond donors (Lipinski definition) is 0. The van der Waals surface area contributed by atoms with Crippen LogP contribution in [-0.2, 0) is 38.2 Å². The van der Waals surface area contributed by atoms with Crippen molar-refractivity contribution in [3.63, 3.8) is 0 Å². The molecule has 0 spiro atoms. The van der Waals surface area contributed by atoms with Crippen molar-refractivity contribution in [2.45, 2.75) is 48.5 Å². The number of esters is 3. The Morgan fingerprint density at radius 2 is 0.933 bits per heavy atom. The normalized spacial score (nSPS) is 8.33. The second-order valence-corrected chi connectivity index (χ2v) is 4.48. The SMILES string of the molecule is CC(C)=O.CCOC(=O)/C([O-])=C/C(C)=O.CCOC(=O)C(=O)OCC.CC[O-].[Na+].[Na+]. The fraction of sp³-hybridized carbons (Fsp3) is 0.611. The van der Waals surface area contributed by atoms with Crippen molar-refractivity contribution in [1.29, 1.82) is 0 Å². The van der Waals surface area contributed by atoms with Crippen LogP contribution >= 0.6 is 0 Å². The van der Waals surface area contributed by atoms with Gasteiger partial charge in [0.25, 0.3) is 0 Å². The maximum Gasteiger partial charge on any atom is 1.00 e. The second-order valence-electron chi connectivity index (χ2n) is 4.48. The van der Waals surface area contributed by atoms with Crippen LogP contribution in [0.25, 0.3) is 0 Å². The van der Waals surface area contributed by atoms with Gasteiger partial charge in [-0.05, 0) is 53.4 Å². The summed E-state index contributed by atoms with van der Waals surface area (Å²) >= 11 is 0. The van der Waals surface area contributed by atoms with Crippen LogP contribution in [-0.4, -0.2) is 55.9 Å². The molecule has 0 rings (SSSR count). The summed E-state index contributed by atoms with van der Waals surface area (Å²) in [5.41, 5.74) is 0. The molecule has 0 atom stereocenters. The van der Waals surface area contributed by atoms with Gasteiger partial charge in [-0.25, -0.2) is 14.4 Å². The van der Waals surface area contributed by atoms with Crippen LogP contribution in [0.1, 0.15) is 48.5 Å². The van der Waals surface area contributed by atoms with E-state index in [1.54, 1.807) is 27.7 Å². The van der Waals surface area contributed by atoms with E-state index < -0.39 is 29.5 Å². The second kappa shape index (κ2) is 32.9. The minimum absolute atomic E-state index is 0. The molecule has 12 heteroatoms. The van der Waals surface area contributed by atoms with E-state index in [0.29, 0.717) is 6.08 Å². The zero-order valence-corrected chi connectivity index (χ0v) is 23.5. The summed E-state index contributed by atoms with van der Waals surface area (Å²) in [6.07, 6.45) is 0.706. The van der Waals surface area contributed by atoms with Crippen LogP contribution in [0.15, 0.2) is 11.8 Å². The molecule has 0 aromatic heterocycles. The number of ketones is 2. The van der Waals surface area contributed by atoms with Gasteiger partial charge in [0.1, 0.15) is 5.78 Å². The molecule has 0 N–H and O–H groups in total. The van der Waals surface area contributed by atoms with Gasteiger partial charge in [0.05, 0.1) is 19.8 Å². The molecule has 0 fully saturated rings. The first-order valence-electron chi connectivity index (χ1n) is 8.40. The van der Waals surface area contributed by atoms with E-state index in [0.717, 1.165) is 0 Å². The molecule has 0 aliphatic heterocycles. The Bertz CT molecular complexity index is 485. The van der Waals surface area contributed by atoms with Gasteiger partial charge >= 0.3 is 77.0 Å². The van der Waals surface area contributed by atoms with Crippen molar-refractivity contribution in [3.05, 3.63) is 11.8 Å². The van der Waals surface area contributed by atoms with Crippen LogP contribution in [0.4, 0.5) is 0 Å². The molecule has 10 nitrogen and oxygen atoms in total. The Labute approximate surface area is 222 Å². The first-order valence-corrected chi connectivity index (χ1v) is 8.40. The van der Waals surface area contributed by atoms with E-state index in [-0.39, 0.29) is 91.3 Å². The summed E-state index contributed by atoms with van der Waals surface area (Å²) in [6, 6.07) is 0. The summed E-state index contributed by atoms with van der Waals surface area (Å²) in [5.74, 6) is -4.03. The van der Waals surface area contributed by atoms with Crippen molar-refractivity contribution in [1.82, 2.24) is 0 Å². The third-order valence-electron chi connectivity index (χ3n) is 1.53. The average Bonchev–Trinajstić information content (AvgIpc) is 2.55. The van der Waals surface area contributed by atoms with Crippen LogP contribution in [0.5, 0.6) is 0 Å². The van der Waals surface area contributed by atoms with E-state index in [9.17, 15) is 29.1 Å². The predicted molar refractivity (Wildman–Crippen MR) is 95.6 cm³/mol. The molecular formula is C18H30Na2O10.